The summed E-state index contributed by atoms with van der Waals surface area (Å²) >= 11 is 0. The van der Waals surface area contributed by atoms with Gasteiger partial charge in [-0.15, -0.1) is 0 Å². The summed E-state index contributed by atoms with van der Waals surface area (Å²) in [6.45, 7) is 7.62. The Morgan fingerprint density at radius 3 is 2.07 bits per heavy atom. The molecule has 0 aliphatic heterocycles. The van der Waals surface area contributed by atoms with Gasteiger partial charge in [0.05, 0.1) is 11.0 Å². The van der Waals surface area contributed by atoms with Crippen LogP contribution in [0.15, 0.2) is 0 Å². The minimum atomic E-state index is -3.01. The van der Waals surface area contributed by atoms with Gasteiger partial charge in [-0.1, -0.05) is 27.2 Å². The highest BCUT2D eigenvalue weighted by Gasteiger charge is 2.25. The molecule has 0 saturated heterocycles. The minimum absolute atomic E-state index is 0.125. The molecule has 0 aliphatic carbocycles. The van der Waals surface area contributed by atoms with Crippen LogP contribution in [0.4, 0.5) is 0 Å². The van der Waals surface area contributed by atoms with Gasteiger partial charge < -0.3 is 5.73 Å². The van der Waals surface area contributed by atoms with E-state index in [0.29, 0.717) is 0 Å². The van der Waals surface area contributed by atoms with E-state index >= 15 is 0 Å². The van der Waals surface area contributed by atoms with E-state index in [1.165, 1.54) is 0 Å². The molecule has 0 aromatic rings. The Kier molecular flexibility index (Phi) is 5.67. The first kappa shape index (κ1) is 13.9. The monoisotopic (exact) mass is 221 g/mol. The third-order valence-electron chi connectivity index (χ3n) is 2.61. The molecule has 0 fully saturated rings. The number of hydrogen-bond acceptors (Lipinski definition) is 3. The lowest BCUT2D eigenvalue weighted by Gasteiger charge is -2.19. The van der Waals surface area contributed by atoms with Crippen LogP contribution in [0.25, 0.3) is 0 Å². The maximum absolute atomic E-state index is 11.8. The smallest absolute Gasteiger partial charge is 0.154 e. The molecular formula is C10H23NO2S. The first-order chi connectivity index (χ1) is 6.31. The van der Waals surface area contributed by atoms with E-state index in [9.17, 15) is 8.42 Å². The van der Waals surface area contributed by atoms with Crippen LogP contribution in [0.3, 0.4) is 0 Å². The lowest BCUT2D eigenvalue weighted by Crippen LogP contribution is -2.35. The van der Waals surface area contributed by atoms with E-state index in [2.05, 4.69) is 0 Å². The Bertz CT molecular complexity index is 247. The zero-order valence-electron chi connectivity index (χ0n) is 9.66. The molecule has 0 aromatic carbocycles. The highest BCUT2D eigenvalue weighted by atomic mass is 32.2. The van der Waals surface area contributed by atoms with Crippen molar-refractivity contribution >= 4 is 9.84 Å². The van der Waals surface area contributed by atoms with E-state index in [0.717, 1.165) is 12.8 Å². The second-order valence-electron chi connectivity index (χ2n) is 4.33. The average molecular weight is 221 g/mol. The van der Waals surface area contributed by atoms with Crippen LogP contribution in [0, 0.1) is 5.92 Å². The summed E-state index contributed by atoms with van der Waals surface area (Å²) in [5.41, 5.74) is 5.73. The predicted molar refractivity (Wildman–Crippen MR) is 61.0 cm³/mol. The molecule has 0 aliphatic rings. The van der Waals surface area contributed by atoms with Gasteiger partial charge in [0.1, 0.15) is 0 Å². The van der Waals surface area contributed by atoms with Crippen molar-refractivity contribution < 1.29 is 8.42 Å². The van der Waals surface area contributed by atoms with Crippen LogP contribution in [-0.2, 0) is 9.84 Å². The van der Waals surface area contributed by atoms with Gasteiger partial charge in [-0.3, -0.25) is 0 Å². The van der Waals surface area contributed by atoms with Gasteiger partial charge in [-0.2, -0.15) is 0 Å². The van der Waals surface area contributed by atoms with Crippen LogP contribution in [-0.4, -0.2) is 25.5 Å². The molecule has 0 bridgehead atoms. The van der Waals surface area contributed by atoms with Gasteiger partial charge in [-0.25, -0.2) is 8.42 Å². The Hall–Kier alpha value is -0.0900. The van der Waals surface area contributed by atoms with E-state index in [1.807, 2.05) is 20.8 Å². The van der Waals surface area contributed by atoms with Gasteiger partial charge in [-0.05, 0) is 19.3 Å². The topological polar surface area (TPSA) is 60.2 Å². The molecule has 2 N–H and O–H groups in total. The van der Waals surface area contributed by atoms with E-state index in [-0.39, 0.29) is 23.0 Å². The van der Waals surface area contributed by atoms with Crippen molar-refractivity contribution in [3.8, 4) is 0 Å². The van der Waals surface area contributed by atoms with Crippen molar-refractivity contribution in [1.29, 1.82) is 0 Å². The number of rotatable bonds is 6. The standard InChI is InChI=1S/C10H23NO2S/c1-5-6-10(11)7-14(12,13)9(4)8(2)3/h8-10H,5-7,11H2,1-4H3. The van der Waals surface area contributed by atoms with Gasteiger partial charge in [0.15, 0.2) is 9.84 Å². The SMILES string of the molecule is CCCC(N)CS(=O)(=O)C(C)C(C)C. The van der Waals surface area contributed by atoms with E-state index in [1.54, 1.807) is 6.92 Å². The Morgan fingerprint density at radius 1 is 1.21 bits per heavy atom. The van der Waals surface area contributed by atoms with Crippen molar-refractivity contribution in [2.45, 2.75) is 51.8 Å². The van der Waals surface area contributed by atoms with Gasteiger partial charge in [0.2, 0.25) is 0 Å². The summed E-state index contributed by atoms with van der Waals surface area (Å²) in [5.74, 6) is 0.286. The summed E-state index contributed by atoms with van der Waals surface area (Å²) < 4.78 is 23.6. The van der Waals surface area contributed by atoms with Crippen LogP contribution >= 0.6 is 0 Å². The molecular weight excluding hydrogens is 198 g/mol. The Morgan fingerprint density at radius 2 is 1.71 bits per heavy atom. The summed E-state index contributed by atoms with van der Waals surface area (Å²) in [5, 5.41) is -0.287. The molecule has 4 heteroatoms. The molecule has 2 unspecified atom stereocenters. The molecule has 0 radical (unpaired) electrons. The van der Waals surface area contributed by atoms with Crippen molar-refractivity contribution in [3.63, 3.8) is 0 Å². The lowest BCUT2D eigenvalue weighted by molar-refractivity contribution is 0.534. The molecule has 86 valence electrons. The quantitative estimate of drug-likeness (QED) is 0.740. The molecule has 0 heterocycles. The molecule has 0 spiro atoms. The van der Waals surface area contributed by atoms with Crippen molar-refractivity contribution in [3.05, 3.63) is 0 Å². The molecule has 0 amide bonds. The van der Waals surface area contributed by atoms with Crippen LogP contribution in [0.2, 0.25) is 0 Å². The predicted octanol–water partition coefficient (Wildman–Crippen LogP) is 1.57. The minimum Gasteiger partial charge on any atom is -0.327 e. The fraction of sp³-hybridized carbons (Fsp3) is 1.00. The third-order valence-corrected chi connectivity index (χ3v) is 5.18. The third kappa shape index (κ3) is 4.42. The fourth-order valence-corrected chi connectivity index (χ4v) is 3.22. The zero-order valence-corrected chi connectivity index (χ0v) is 10.5. The second kappa shape index (κ2) is 5.71. The first-order valence-corrected chi connectivity index (χ1v) is 7.00. The van der Waals surface area contributed by atoms with Crippen molar-refractivity contribution in [2.24, 2.45) is 11.7 Å². The fourth-order valence-electron chi connectivity index (χ4n) is 1.32. The summed E-state index contributed by atoms with van der Waals surface area (Å²) in [6, 6.07) is -0.203. The normalized spacial score (nSPS) is 17.0. The number of sulfone groups is 1. The zero-order chi connectivity index (χ0) is 11.4. The number of hydrogen-bond donors (Lipinski definition) is 1. The molecule has 0 rings (SSSR count). The average Bonchev–Trinajstić information content (AvgIpc) is 2.02. The highest BCUT2D eigenvalue weighted by molar-refractivity contribution is 7.92. The first-order valence-electron chi connectivity index (χ1n) is 5.28. The molecule has 2 atom stereocenters. The summed E-state index contributed by atoms with van der Waals surface area (Å²) in [7, 11) is -3.01. The number of nitrogens with two attached hydrogens (primary N) is 1. The molecule has 3 nitrogen and oxygen atoms in total. The van der Waals surface area contributed by atoms with Crippen LogP contribution < -0.4 is 5.73 Å². The molecule has 0 aromatic heterocycles. The van der Waals surface area contributed by atoms with E-state index < -0.39 is 9.84 Å². The Labute approximate surface area is 88.0 Å². The largest absolute Gasteiger partial charge is 0.327 e. The maximum Gasteiger partial charge on any atom is 0.154 e. The summed E-state index contributed by atoms with van der Waals surface area (Å²) in [6.07, 6.45) is 1.72. The van der Waals surface area contributed by atoms with Gasteiger partial charge in [0, 0.05) is 6.04 Å². The summed E-state index contributed by atoms with van der Waals surface area (Å²) in [4.78, 5) is 0. The maximum atomic E-state index is 11.8. The van der Waals surface area contributed by atoms with Crippen molar-refractivity contribution in [1.82, 2.24) is 0 Å². The second-order valence-corrected chi connectivity index (χ2v) is 6.73. The Balaban J connectivity index is 4.34. The lowest BCUT2D eigenvalue weighted by atomic mass is 10.2. The molecule has 0 saturated carbocycles. The van der Waals surface area contributed by atoms with Crippen LogP contribution in [0.5, 0.6) is 0 Å². The van der Waals surface area contributed by atoms with Gasteiger partial charge >= 0.3 is 0 Å². The molecule has 14 heavy (non-hydrogen) atoms. The van der Waals surface area contributed by atoms with Crippen molar-refractivity contribution in [2.75, 3.05) is 5.75 Å². The van der Waals surface area contributed by atoms with Gasteiger partial charge in [0.25, 0.3) is 0 Å². The van der Waals surface area contributed by atoms with E-state index in [4.69, 9.17) is 5.73 Å². The van der Waals surface area contributed by atoms with Crippen LogP contribution in [0.1, 0.15) is 40.5 Å². The highest BCUT2D eigenvalue weighted by Crippen LogP contribution is 2.13.